The Balaban J connectivity index is 2.30. The van der Waals surface area contributed by atoms with Gasteiger partial charge < -0.3 is 5.32 Å². The summed E-state index contributed by atoms with van der Waals surface area (Å²) in [5.41, 5.74) is 1.48. The zero-order chi connectivity index (χ0) is 12.0. The number of nitrogens with zero attached hydrogens (tertiary/aromatic N) is 3. The van der Waals surface area contributed by atoms with Crippen LogP contribution < -0.4 is 11.0 Å². The number of fused-ring (bicyclic) bond motifs is 1. The lowest BCUT2D eigenvalue weighted by Crippen LogP contribution is -2.27. The lowest BCUT2D eigenvalue weighted by atomic mass is 10.2. The van der Waals surface area contributed by atoms with Gasteiger partial charge in [0.15, 0.2) is 5.65 Å². The molecule has 0 aromatic carbocycles. The Kier molecular flexibility index (Phi) is 2.45. The predicted octanol–water partition coefficient (Wildman–Crippen LogP) is 0.923. The highest BCUT2D eigenvalue weighted by atomic mass is 35.5. The number of halogens is 1. The Hall–Kier alpha value is -1.33. The molecule has 1 fully saturated rings. The number of imidazole rings is 1. The van der Waals surface area contributed by atoms with Crippen LogP contribution in [0, 0.1) is 0 Å². The van der Waals surface area contributed by atoms with Gasteiger partial charge in [0.25, 0.3) is 0 Å². The summed E-state index contributed by atoms with van der Waals surface area (Å²) in [6.07, 6.45) is 2.55. The van der Waals surface area contributed by atoms with E-state index >= 15 is 0 Å². The Labute approximate surface area is 103 Å². The van der Waals surface area contributed by atoms with Crippen LogP contribution in [0.1, 0.15) is 12.5 Å². The summed E-state index contributed by atoms with van der Waals surface area (Å²) in [5, 5.41) is 3.81. The average Bonchev–Trinajstić information content (AvgIpc) is 2.90. The fraction of sp³-hybridized carbons (Fsp3) is 0.455. The largest absolute Gasteiger partial charge is 0.330 e. The number of nitrogens with one attached hydrogen (secondary N) is 1. The Bertz CT molecular complexity index is 624. The molecule has 3 rings (SSSR count). The highest BCUT2D eigenvalue weighted by Gasteiger charge is 2.23. The molecule has 0 amide bonds. The minimum absolute atomic E-state index is 0.0246. The zero-order valence-corrected chi connectivity index (χ0v) is 10.2. The van der Waals surface area contributed by atoms with Crippen molar-refractivity contribution in [1.82, 2.24) is 19.4 Å². The molecule has 6 heteroatoms. The van der Waals surface area contributed by atoms with E-state index < -0.39 is 0 Å². The summed E-state index contributed by atoms with van der Waals surface area (Å²) >= 11 is 5.91. The van der Waals surface area contributed by atoms with Crippen molar-refractivity contribution in [2.24, 2.45) is 7.05 Å². The first-order valence-electron chi connectivity index (χ1n) is 5.61. The van der Waals surface area contributed by atoms with Gasteiger partial charge in [0.2, 0.25) is 0 Å². The van der Waals surface area contributed by atoms with E-state index in [1.807, 2.05) is 0 Å². The molecule has 1 atom stereocenters. The Morgan fingerprint density at radius 1 is 1.59 bits per heavy atom. The van der Waals surface area contributed by atoms with Gasteiger partial charge in [-0.05, 0) is 19.0 Å². The van der Waals surface area contributed by atoms with Gasteiger partial charge in [-0.2, -0.15) is 0 Å². The molecule has 2 aromatic rings. The Morgan fingerprint density at radius 3 is 3.12 bits per heavy atom. The maximum absolute atomic E-state index is 12.2. The molecule has 0 aliphatic carbocycles. The van der Waals surface area contributed by atoms with Crippen molar-refractivity contribution < 1.29 is 0 Å². The number of aromatic nitrogens is 3. The van der Waals surface area contributed by atoms with Crippen LogP contribution in [-0.2, 0) is 7.05 Å². The van der Waals surface area contributed by atoms with Crippen LogP contribution in [0.2, 0.25) is 5.02 Å². The molecular weight excluding hydrogens is 240 g/mol. The van der Waals surface area contributed by atoms with Crippen LogP contribution in [0.15, 0.2) is 17.1 Å². The second kappa shape index (κ2) is 3.85. The topological polar surface area (TPSA) is 51.9 Å². The summed E-state index contributed by atoms with van der Waals surface area (Å²) in [5.74, 6) is 0. The second-order valence-electron chi connectivity index (χ2n) is 4.35. The highest BCUT2D eigenvalue weighted by Crippen LogP contribution is 2.21. The van der Waals surface area contributed by atoms with Crippen LogP contribution >= 0.6 is 11.6 Å². The van der Waals surface area contributed by atoms with Crippen molar-refractivity contribution in [1.29, 1.82) is 0 Å². The molecular formula is C11H13ClN4O. The fourth-order valence-corrected chi connectivity index (χ4v) is 2.55. The number of rotatable bonds is 1. The van der Waals surface area contributed by atoms with Gasteiger partial charge in [-0.3, -0.25) is 9.13 Å². The molecule has 5 nitrogen and oxygen atoms in total. The number of aryl methyl sites for hydroxylation is 1. The summed E-state index contributed by atoms with van der Waals surface area (Å²) in [4.78, 5) is 16.5. The van der Waals surface area contributed by atoms with E-state index in [4.69, 9.17) is 11.6 Å². The van der Waals surface area contributed by atoms with Crippen molar-refractivity contribution >= 4 is 22.8 Å². The molecule has 1 aliphatic rings. The van der Waals surface area contributed by atoms with Gasteiger partial charge in [0.05, 0.1) is 16.6 Å². The molecule has 0 radical (unpaired) electrons. The van der Waals surface area contributed by atoms with Gasteiger partial charge in [-0.25, -0.2) is 9.78 Å². The average molecular weight is 253 g/mol. The van der Waals surface area contributed by atoms with Crippen molar-refractivity contribution in [3.05, 3.63) is 27.8 Å². The van der Waals surface area contributed by atoms with Crippen LogP contribution in [0.5, 0.6) is 0 Å². The first-order chi connectivity index (χ1) is 8.18. The van der Waals surface area contributed by atoms with E-state index in [2.05, 4.69) is 10.3 Å². The van der Waals surface area contributed by atoms with Gasteiger partial charge in [-0.15, -0.1) is 0 Å². The van der Waals surface area contributed by atoms with Crippen LogP contribution in [0.4, 0.5) is 0 Å². The normalized spacial score (nSPS) is 20.2. The van der Waals surface area contributed by atoms with Crippen LogP contribution in [-0.4, -0.2) is 27.2 Å². The smallest absolute Gasteiger partial charge is 0.315 e. The second-order valence-corrected chi connectivity index (χ2v) is 4.79. The number of pyridine rings is 1. The number of hydrogen-bond donors (Lipinski definition) is 1. The third-order valence-corrected chi connectivity index (χ3v) is 3.50. The molecule has 0 saturated carbocycles. The summed E-state index contributed by atoms with van der Waals surface area (Å²) in [6.45, 7) is 1.77. The first kappa shape index (κ1) is 10.8. The minimum Gasteiger partial charge on any atom is -0.315 e. The zero-order valence-electron chi connectivity index (χ0n) is 9.48. The standard InChI is InChI=1S/C11H13ClN4O/c1-15-9-4-7(12)5-14-10(9)16(11(15)17)8-2-3-13-6-8/h4-5,8,13H,2-3,6H2,1H3/t8-/m1/s1. The van der Waals surface area contributed by atoms with Crippen molar-refractivity contribution in [2.75, 3.05) is 13.1 Å². The molecule has 1 saturated heterocycles. The van der Waals surface area contributed by atoms with Crippen LogP contribution in [0.3, 0.4) is 0 Å². The molecule has 17 heavy (non-hydrogen) atoms. The highest BCUT2D eigenvalue weighted by molar-refractivity contribution is 6.31. The predicted molar refractivity (Wildman–Crippen MR) is 66.5 cm³/mol. The summed E-state index contributed by atoms with van der Waals surface area (Å²) < 4.78 is 3.37. The molecule has 1 aliphatic heterocycles. The minimum atomic E-state index is -0.0246. The molecule has 3 heterocycles. The van der Waals surface area contributed by atoms with E-state index in [0.717, 1.165) is 30.7 Å². The monoisotopic (exact) mass is 252 g/mol. The maximum Gasteiger partial charge on any atom is 0.330 e. The van der Waals surface area contributed by atoms with Crippen LogP contribution in [0.25, 0.3) is 11.2 Å². The summed E-state index contributed by atoms with van der Waals surface area (Å²) in [6, 6.07) is 1.98. The number of hydrogen-bond acceptors (Lipinski definition) is 3. The molecule has 0 unspecified atom stereocenters. The molecule has 1 N–H and O–H groups in total. The van der Waals surface area contributed by atoms with E-state index in [1.165, 1.54) is 0 Å². The first-order valence-corrected chi connectivity index (χ1v) is 5.99. The summed E-state index contributed by atoms with van der Waals surface area (Å²) in [7, 11) is 1.75. The molecule has 0 spiro atoms. The molecule has 90 valence electrons. The van der Waals surface area contributed by atoms with Crippen molar-refractivity contribution in [2.45, 2.75) is 12.5 Å². The van der Waals surface area contributed by atoms with Crippen molar-refractivity contribution in [3.63, 3.8) is 0 Å². The fourth-order valence-electron chi connectivity index (χ4n) is 2.40. The Morgan fingerprint density at radius 2 is 2.41 bits per heavy atom. The van der Waals surface area contributed by atoms with E-state index in [-0.39, 0.29) is 11.7 Å². The lowest BCUT2D eigenvalue weighted by molar-refractivity contribution is 0.532. The maximum atomic E-state index is 12.2. The third kappa shape index (κ3) is 1.57. The lowest BCUT2D eigenvalue weighted by Gasteiger charge is -2.09. The molecule has 0 bridgehead atoms. The van der Waals surface area contributed by atoms with Crippen molar-refractivity contribution in [3.8, 4) is 0 Å². The van der Waals surface area contributed by atoms with E-state index in [1.54, 1.807) is 28.4 Å². The molecule has 2 aromatic heterocycles. The van der Waals surface area contributed by atoms with E-state index in [0.29, 0.717) is 5.02 Å². The van der Waals surface area contributed by atoms with Gasteiger partial charge >= 0.3 is 5.69 Å². The van der Waals surface area contributed by atoms with Gasteiger partial charge in [0.1, 0.15) is 0 Å². The SMILES string of the molecule is Cn1c(=O)n([C@@H]2CCNC2)c2ncc(Cl)cc21. The third-order valence-electron chi connectivity index (χ3n) is 3.30. The quantitative estimate of drug-likeness (QED) is 0.821. The van der Waals surface area contributed by atoms with E-state index in [9.17, 15) is 4.79 Å². The van der Waals surface area contributed by atoms with Gasteiger partial charge in [0, 0.05) is 19.8 Å². The van der Waals surface area contributed by atoms with Gasteiger partial charge in [-0.1, -0.05) is 11.6 Å².